The zero-order chi connectivity index (χ0) is 5.21. The van der Waals surface area contributed by atoms with E-state index in [4.69, 9.17) is 9.79 Å². The smallest absolute Gasteiger partial charge is 1.00 e. The average molecular weight is 168 g/mol. The largest absolute Gasteiger partial charge is 1.00 e. The van der Waals surface area contributed by atoms with Gasteiger partial charge in [0.25, 0.3) is 0 Å². The van der Waals surface area contributed by atoms with Crippen LogP contribution in [0.4, 0.5) is 0 Å². The minimum atomic E-state index is -4.08. The first-order valence-electron chi connectivity index (χ1n) is 1.17. The van der Waals surface area contributed by atoms with Crippen LogP contribution >= 0.6 is 7.82 Å². The van der Waals surface area contributed by atoms with Gasteiger partial charge < -0.3 is 15.4 Å². The maximum atomic E-state index is 9.51. The van der Waals surface area contributed by atoms with Gasteiger partial charge in [0.1, 0.15) is 0 Å². The molecule has 40 valence electrons. The number of hydrogen-bond acceptors (Lipinski definition) is 2. The second-order valence-electron chi connectivity index (χ2n) is 0.673. The molecule has 0 aliphatic rings. The van der Waals surface area contributed by atoms with E-state index in [0.29, 0.717) is 0 Å². The summed E-state index contributed by atoms with van der Waals surface area (Å²) in [4.78, 5) is 15.5. The molecule has 0 aliphatic carbocycles. The van der Waals surface area contributed by atoms with Crippen molar-refractivity contribution in [2.75, 3.05) is 0 Å². The Bertz CT molecular complexity index is 80.1. The molecule has 7 heteroatoms. The molecular formula is H6KO4PSi. The monoisotopic (exact) mass is 168 g/mol. The Morgan fingerprint density at radius 3 is 1.86 bits per heavy atom. The van der Waals surface area contributed by atoms with Crippen molar-refractivity contribution in [3.8, 4) is 0 Å². The van der Waals surface area contributed by atoms with Crippen molar-refractivity contribution >= 4 is 18.3 Å². The van der Waals surface area contributed by atoms with E-state index in [2.05, 4.69) is 4.21 Å². The van der Waals surface area contributed by atoms with E-state index in [-0.39, 0.29) is 63.3 Å². The quantitative estimate of drug-likeness (QED) is 0.306. The summed E-state index contributed by atoms with van der Waals surface area (Å²) in [5.74, 6) is 0. The molecular weight excluding hydrogens is 162 g/mol. The zero-order valence-corrected chi connectivity index (χ0v) is 10.2. The van der Waals surface area contributed by atoms with Gasteiger partial charge in [-0.15, -0.1) is 0 Å². The summed E-state index contributed by atoms with van der Waals surface area (Å²) in [5.41, 5.74) is 0. The fourth-order valence-electron chi connectivity index (χ4n) is 0. The summed E-state index contributed by atoms with van der Waals surface area (Å²) in [6.45, 7) is 0. The van der Waals surface area contributed by atoms with Crippen molar-refractivity contribution in [2.24, 2.45) is 0 Å². The topological polar surface area (TPSA) is 66.8 Å². The Balaban J connectivity index is -0.000000125. The van der Waals surface area contributed by atoms with Crippen LogP contribution in [0.2, 0.25) is 0 Å². The van der Waals surface area contributed by atoms with Crippen LogP contribution < -0.4 is 51.4 Å². The van der Waals surface area contributed by atoms with Crippen LogP contribution in [0.1, 0.15) is 1.43 Å². The molecule has 2 N–H and O–H groups in total. The van der Waals surface area contributed by atoms with E-state index in [1.54, 1.807) is 0 Å². The summed E-state index contributed by atoms with van der Waals surface area (Å²) in [6, 6.07) is 0. The van der Waals surface area contributed by atoms with Crippen molar-refractivity contribution in [1.82, 2.24) is 0 Å². The molecule has 0 radical (unpaired) electrons. The molecule has 0 fully saturated rings. The Morgan fingerprint density at radius 1 is 1.71 bits per heavy atom. The normalized spacial score (nSPS) is 10.6. The third-order valence-electron chi connectivity index (χ3n) is 0.238. The van der Waals surface area contributed by atoms with E-state index in [1.807, 2.05) is 0 Å². The van der Waals surface area contributed by atoms with Gasteiger partial charge in [-0.3, -0.25) is 0 Å². The van der Waals surface area contributed by atoms with Crippen molar-refractivity contribution in [3.63, 3.8) is 0 Å². The van der Waals surface area contributed by atoms with Crippen LogP contribution in [0.15, 0.2) is 0 Å². The number of rotatable bonds is 1. The van der Waals surface area contributed by atoms with Gasteiger partial charge in [-0.05, 0) is 0 Å². The average Bonchev–Trinajstić information content (AvgIpc) is 1.35. The summed E-state index contributed by atoms with van der Waals surface area (Å²) in [5, 5.41) is 0. The van der Waals surface area contributed by atoms with Crippen molar-refractivity contribution in [2.45, 2.75) is 0 Å². The zero-order valence-electron chi connectivity index (χ0n) is 5.16. The number of hydrogen-bond donors (Lipinski definition) is 2. The number of phosphoric acid groups is 1. The van der Waals surface area contributed by atoms with Gasteiger partial charge in [0.15, 0.2) is 10.5 Å². The van der Waals surface area contributed by atoms with E-state index in [1.165, 1.54) is 0 Å². The molecule has 0 saturated carbocycles. The van der Waals surface area contributed by atoms with E-state index < -0.39 is 7.82 Å². The van der Waals surface area contributed by atoms with Gasteiger partial charge in [-0.25, -0.2) is 4.57 Å². The predicted molar refractivity (Wildman–Crippen MR) is 24.2 cm³/mol. The van der Waals surface area contributed by atoms with Gasteiger partial charge in [0.05, 0.1) is 0 Å². The Kier molecular flexibility index (Phi) is 8.05. The molecule has 0 saturated heterocycles. The first kappa shape index (κ1) is 11.7. The molecule has 0 heterocycles. The molecule has 0 rings (SSSR count). The summed E-state index contributed by atoms with van der Waals surface area (Å²) < 4.78 is 13.2. The summed E-state index contributed by atoms with van der Waals surface area (Å²) >= 11 is 0. The molecule has 0 aliphatic heterocycles. The Hall–Kier alpha value is 1.96. The first-order valence-corrected chi connectivity index (χ1v) is 3.52. The van der Waals surface area contributed by atoms with Gasteiger partial charge in [0, 0.05) is 0 Å². The Morgan fingerprint density at radius 2 is 1.86 bits per heavy atom. The molecule has 0 aromatic rings. The van der Waals surface area contributed by atoms with Crippen LogP contribution in [-0.4, -0.2) is 20.3 Å². The SMILES string of the molecule is O=P(O)(O)O[SiH3].[H-].[K+]. The standard InChI is InChI=1S/K.H5O4PSi.H/c;1-5(2,3)4-6;/h;6H3,(H2,1,2,3);/q+1;;-1. The second-order valence-corrected chi connectivity index (χ2v) is 3.11. The van der Waals surface area contributed by atoms with E-state index in [9.17, 15) is 4.57 Å². The minimum Gasteiger partial charge on any atom is -1.00 e. The third kappa shape index (κ3) is 11.5. The Labute approximate surface area is 88.3 Å². The molecule has 0 aromatic carbocycles. The third-order valence-corrected chi connectivity index (χ3v) is 2.14. The fourth-order valence-corrected chi connectivity index (χ4v) is 0. The predicted octanol–water partition coefficient (Wildman–Crippen LogP) is -4.51. The maximum Gasteiger partial charge on any atom is 1.00 e. The molecule has 0 aromatic heterocycles. The molecule has 0 unspecified atom stereocenters. The van der Waals surface area contributed by atoms with Crippen molar-refractivity contribution in [3.05, 3.63) is 0 Å². The van der Waals surface area contributed by atoms with Gasteiger partial charge >= 0.3 is 59.2 Å². The van der Waals surface area contributed by atoms with Crippen LogP contribution in [0, 0.1) is 0 Å². The minimum absolute atomic E-state index is 0. The molecule has 0 spiro atoms. The van der Waals surface area contributed by atoms with Crippen LogP contribution in [0.25, 0.3) is 0 Å². The summed E-state index contributed by atoms with van der Waals surface area (Å²) in [6.07, 6.45) is 0. The summed E-state index contributed by atoms with van der Waals surface area (Å²) in [7, 11) is -4.00. The molecule has 0 atom stereocenters. The van der Waals surface area contributed by atoms with Gasteiger partial charge in [0.2, 0.25) is 0 Å². The van der Waals surface area contributed by atoms with Crippen LogP contribution in [0.3, 0.4) is 0 Å². The second kappa shape index (κ2) is 4.81. The molecule has 7 heavy (non-hydrogen) atoms. The molecule has 0 bridgehead atoms. The first-order chi connectivity index (χ1) is 2.56. The molecule has 0 amide bonds. The van der Waals surface area contributed by atoms with E-state index >= 15 is 0 Å². The van der Waals surface area contributed by atoms with Gasteiger partial charge in [-0.2, -0.15) is 0 Å². The molecule has 4 nitrogen and oxygen atoms in total. The maximum absolute atomic E-state index is 9.51. The van der Waals surface area contributed by atoms with Crippen LogP contribution in [-0.2, 0) is 8.78 Å². The van der Waals surface area contributed by atoms with Crippen LogP contribution in [0.5, 0.6) is 0 Å². The fraction of sp³-hybridized carbons (Fsp3) is 0. The van der Waals surface area contributed by atoms with Crippen molar-refractivity contribution < 1.29 is 71.4 Å². The van der Waals surface area contributed by atoms with Gasteiger partial charge in [-0.1, -0.05) is 0 Å². The van der Waals surface area contributed by atoms with Crippen molar-refractivity contribution in [1.29, 1.82) is 0 Å². The van der Waals surface area contributed by atoms with E-state index in [0.717, 1.165) is 0 Å².